The minimum atomic E-state index is -0.534. The van der Waals surface area contributed by atoms with Gasteiger partial charge in [0.2, 0.25) is 11.8 Å². The summed E-state index contributed by atoms with van der Waals surface area (Å²) in [6, 6.07) is 2.79. The topological polar surface area (TPSA) is 57.6 Å². The second kappa shape index (κ2) is 4.64. The molecule has 2 aliphatic rings. The number of benzene rings is 1. The van der Waals surface area contributed by atoms with E-state index in [-0.39, 0.29) is 34.0 Å². The molecule has 0 bridgehead atoms. The van der Waals surface area contributed by atoms with E-state index in [4.69, 9.17) is 23.2 Å². The van der Waals surface area contributed by atoms with Gasteiger partial charge in [0.25, 0.3) is 0 Å². The Kier molecular flexibility index (Phi) is 3.18. The number of aromatic hydroxyl groups is 1. The maximum Gasteiger partial charge on any atom is 0.240 e. The monoisotopic (exact) mass is 313 g/mol. The molecule has 4 nitrogen and oxygen atoms in total. The summed E-state index contributed by atoms with van der Waals surface area (Å²) in [7, 11) is 0. The van der Waals surface area contributed by atoms with Gasteiger partial charge in [-0.15, -0.1) is 0 Å². The smallest absolute Gasteiger partial charge is 0.240 e. The van der Waals surface area contributed by atoms with Crippen LogP contribution in [-0.4, -0.2) is 16.9 Å². The normalized spacial score (nSPS) is 21.2. The minimum absolute atomic E-state index is 0.0282. The van der Waals surface area contributed by atoms with Gasteiger partial charge in [-0.2, -0.15) is 0 Å². The van der Waals surface area contributed by atoms with Crippen molar-refractivity contribution in [2.45, 2.75) is 32.1 Å². The molecule has 6 heteroatoms. The first kappa shape index (κ1) is 13.7. The van der Waals surface area contributed by atoms with Gasteiger partial charge in [0.05, 0.1) is 21.1 Å². The van der Waals surface area contributed by atoms with E-state index in [1.165, 1.54) is 12.1 Å². The molecule has 1 heterocycles. The number of phenols is 1. The van der Waals surface area contributed by atoms with Crippen LogP contribution in [0.3, 0.4) is 0 Å². The second-order valence-electron chi connectivity index (χ2n) is 5.46. The molecule has 106 valence electrons. The van der Waals surface area contributed by atoms with Crippen molar-refractivity contribution in [3.63, 3.8) is 0 Å². The fraction of sp³-hybridized carbons (Fsp3) is 0.429. The standard InChI is InChI=1S/C14H13Cl2NO3/c15-9-5-8(6-10(16)12(9)19)17-11(18)7-14(13(17)20)3-1-2-4-14/h5-6,19H,1-4,7H2. The quantitative estimate of drug-likeness (QED) is 0.807. The lowest BCUT2D eigenvalue weighted by Crippen LogP contribution is -2.34. The average molecular weight is 314 g/mol. The van der Waals surface area contributed by atoms with Crippen LogP contribution in [0.2, 0.25) is 10.0 Å². The lowest BCUT2D eigenvalue weighted by atomic mass is 9.84. The molecule has 2 fully saturated rings. The molecule has 0 radical (unpaired) electrons. The van der Waals surface area contributed by atoms with Crippen molar-refractivity contribution in [3.8, 4) is 5.75 Å². The Hall–Kier alpha value is -1.26. The summed E-state index contributed by atoms with van der Waals surface area (Å²) in [6.07, 6.45) is 3.72. The maximum atomic E-state index is 12.6. The van der Waals surface area contributed by atoms with Crippen molar-refractivity contribution >= 4 is 40.7 Å². The van der Waals surface area contributed by atoms with E-state index in [1.54, 1.807) is 0 Å². The van der Waals surface area contributed by atoms with Crippen LogP contribution >= 0.6 is 23.2 Å². The van der Waals surface area contributed by atoms with E-state index < -0.39 is 5.41 Å². The molecule has 0 atom stereocenters. The van der Waals surface area contributed by atoms with Gasteiger partial charge < -0.3 is 5.11 Å². The van der Waals surface area contributed by atoms with E-state index in [0.717, 1.165) is 30.6 Å². The highest BCUT2D eigenvalue weighted by Crippen LogP contribution is 2.49. The van der Waals surface area contributed by atoms with Crippen molar-refractivity contribution < 1.29 is 14.7 Å². The molecule has 0 aromatic heterocycles. The van der Waals surface area contributed by atoms with Gasteiger partial charge in [-0.05, 0) is 25.0 Å². The van der Waals surface area contributed by atoms with E-state index >= 15 is 0 Å². The van der Waals surface area contributed by atoms with Gasteiger partial charge in [0.15, 0.2) is 5.75 Å². The molecule has 2 amide bonds. The average Bonchev–Trinajstić information content (AvgIpc) is 2.94. The Bertz CT molecular complexity index is 585. The number of rotatable bonds is 1. The first-order chi connectivity index (χ1) is 9.44. The Morgan fingerprint density at radius 3 is 2.20 bits per heavy atom. The first-order valence-electron chi connectivity index (χ1n) is 6.50. The number of anilines is 1. The number of carbonyl (C=O) groups is 2. The van der Waals surface area contributed by atoms with E-state index in [9.17, 15) is 14.7 Å². The summed E-state index contributed by atoms with van der Waals surface area (Å²) in [5.41, 5.74) is -0.204. The van der Waals surface area contributed by atoms with Crippen LogP contribution in [0, 0.1) is 5.41 Å². The summed E-state index contributed by atoms with van der Waals surface area (Å²) in [4.78, 5) is 26.0. The summed E-state index contributed by atoms with van der Waals surface area (Å²) in [5.74, 6) is -0.640. The fourth-order valence-corrected chi connectivity index (χ4v) is 3.66. The summed E-state index contributed by atoms with van der Waals surface area (Å²) in [5, 5.41) is 9.61. The first-order valence-corrected chi connectivity index (χ1v) is 7.26. The number of nitrogens with zero attached hydrogens (tertiary/aromatic N) is 1. The van der Waals surface area contributed by atoms with Gasteiger partial charge in [-0.3, -0.25) is 9.59 Å². The molecule has 1 aliphatic heterocycles. The Balaban J connectivity index is 2.02. The third-order valence-electron chi connectivity index (χ3n) is 4.22. The van der Waals surface area contributed by atoms with Crippen LogP contribution in [0.15, 0.2) is 12.1 Å². The van der Waals surface area contributed by atoms with Gasteiger partial charge in [-0.1, -0.05) is 36.0 Å². The molecule has 1 saturated heterocycles. The van der Waals surface area contributed by atoms with Crippen molar-refractivity contribution in [2.75, 3.05) is 4.90 Å². The minimum Gasteiger partial charge on any atom is -0.505 e. The second-order valence-corrected chi connectivity index (χ2v) is 6.27. The zero-order chi connectivity index (χ0) is 14.5. The van der Waals surface area contributed by atoms with Gasteiger partial charge in [0.1, 0.15) is 0 Å². The molecule has 20 heavy (non-hydrogen) atoms. The molecular formula is C14H13Cl2NO3. The molecule has 1 aliphatic carbocycles. The van der Waals surface area contributed by atoms with Crippen LogP contribution in [0.4, 0.5) is 5.69 Å². The molecule has 1 spiro atoms. The highest BCUT2D eigenvalue weighted by molar-refractivity contribution is 6.38. The third-order valence-corrected chi connectivity index (χ3v) is 4.79. The predicted octanol–water partition coefficient (Wildman–Crippen LogP) is 3.52. The highest BCUT2D eigenvalue weighted by Gasteiger charge is 2.53. The number of phenolic OH excluding ortho intramolecular Hbond substituents is 1. The van der Waals surface area contributed by atoms with E-state index in [1.807, 2.05) is 0 Å². The SMILES string of the molecule is O=C1CC2(CCCC2)C(=O)N1c1cc(Cl)c(O)c(Cl)c1. The van der Waals surface area contributed by atoms with E-state index in [0.29, 0.717) is 5.69 Å². The predicted molar refractivity (Wildman–Crippen MR) is 76.1 cm³/mol. The molecule has 1 N–H and O–H groups in total. The summed E-state index contributed by atoms with van der Waals surface area (Å²) >= 11 is 11.7. The molecule has 1 aromatic rings. The van der Waals surface area contributed by atoms with Crippen molar-refractivity contribution in [1.82, 2.24) is 0 Å². The largest absolute Gasteiger partial charge is 0.505 e. The molecule has 1 saturated carbocycles. The zero-order valence-corrected chi connectivity index (χ0v) is 12.2. The van der Waals surface area contributed by atoms with E-state index in [2.05, 4.69) is 0 Å². The molecule has 1 aromatic carbocycles. The number of carbonyl (C=O) groups excluding carboxylic acids is 2. The highest BCUT2D eigenvalue weighted by atomic mass is 35.5. The van der Waals surface area contributed by atoms with Crippen LogP contribution in [0.1, 0.15) is 32.1 Å². The zero-order valence-electron chi connectivity index (χ0n) is 10.7. The van der Waals surface area contributed by atoms with Crippen LogP contribution in [0.25, 0.3) is 0 Å². The van der Waals surface area contributed by atoms with Crippen LogP contribution in [0.5, 0.6) is 5.75 Å². The number of hydrogen-bond donors (Lipinski definition) is 1. The maximum absolute atomic E-state index is 12.6. The molecular weight excluding hydrogens is 301 g/mol. The Labute approximate surface area is 126 Å². The van der Waals surface area contributed by atoms with Gasteiger partial charge in [0, 0.05) is 6.42 Å². The van der Waals surface area contributed by atoms with Gasteiger partial charge >= 0.3 is 0 Å². The van der Waals surface area contributed by atoms with Crippen LogP contribution in [-0.2, 0) is 9.59 Å². The number of amides is 2. The summed E-state index contributed by atoms with van der Waals surface area (Å²) in [6.45, 7) is 0. The Morgan fingerprint density at radius 1 is 1.10 bits per heavy atom. The molecule has 0 unspecified atom stereocenters. The number of halogens is 2. The fourth-order valence-electron chi connectivity index (χ4n) is 3.18. The lowest BCUT2D eigenvalue weighted by molar-refractivity contribution is -0.125. The summed E-state index contributed by atoms with van der Waals surface area (Å²) < 4.78 is 0. The molecule has 3 rings (SSSR count). The number of imide groups is 1. The van der Waals surface area contributed by atoms with Crippen molar-refractivity contribution in [3.05, 3.63) is 22.2 Å². The van der Waals surface area contributed by atoms with Crippen molar-refractivity contribution in [1.29, 1.82) is 0 Å². The Morgan fingerprint density at radius 2 is 1.65 bits per heavy atom. The lowest BCUT2D eigenvalue weighted by Gasteiger charge is -2.21. The van der Waals surface area contributed by atoms with Crippen LogP contribution < -0.4 is 4.90 Å². The third kappa shape index (κ3) is 1.90. The van der Waals surface area contributed by atoms with Gasteiger partial charge in [-0.25, -0.2) is 4.90 Å². The number of hydrogen-bond acceptors (Lipinski definition) is 3. The van der Waals surface area contributed by atoms with Crippen molar-refractivity contribution in [2.24, 2.45) is 5.41 Å².